The van der Waals surface area contributed by atoms with E-state index in [2.05, 4.69) is 48.8 Å². The molecular weight excluding hydrogens is 343 g/mol. The quantitative estimate of drug-likeness (QED) is 0.333. The van der Waals surface area contributed by atoms with E-state index in [0.717, 1.165) is 16.5 Å². The zero-order valence-electron chi connectivity index (χ0n) is 16.3. The van der Waals surface area contributed by atoms with Crippen LogP contribution in [0, 0.1) is 30.5 Å². The first kappa shape index (κ1) is 18.5. The van der Waals surface area contributed by atoms with Crippen molar-refractivity contribution in [3.8, 4) is 11.8 Å². The average Bonchev–Trinajstić information content (AvgIpc) is 2.74. The van der Waals surface area contributed by atoms with Gasteiger partial charge in [0.2, 0.25) is 0 Å². The van der Waals surface area contributed by atoms with E-state index in [9.17, 15) is 4.39 Å². The molecule has 0 nitrogen and oxygen atoms in total. The lowest BCUT2D eigenvalue weighted by Crippen LogP contribution is -2.11. The van der Waals surface area contributed by atoms with Crippen LogP contribution in [0.25, 0.3) is 10.8 Å². The van der Waals surface area contributed by atoms with Gasteiger partial charge in [-0.3, -0.25) is 0 Å². The molecule has 1 saturated carbocycles. The monoisotopic (exact) mass is 368 g/mol. The fourth-order valence-corrected chi connectivity index (χ4v) is 4.17. The molecule has 0 unspecified atom stereocenters. The number of hydrogen-bond donors (Lipinski definition) is 0. The highest BCUT2D eigenvalue weighted by molar-refractivity contribution is 5.85. The minimum Gasteiger partial charge on any atom is -0.205 e. The molecule has 0 radical (unpaired) electrons. The number of halogens is 1. The van der Waals surface area contributed by atoms with Crippen LogP contribution in [0.1, 0.15) is 53.9 Å². The highest BCUT2D eigenvalue weighted by Crippen LogP contribution is 2.36. The molecule has 4 rings (SSSR count). The Labute approximate surface area is 167 Å². The van der Waals surface area contributed by atoms with Crippen LogP contribution in [0.3, 0.4) is 0 Å². The zero-order chi connectivity index (χ0) is 19.5. The molecule has 0 aromatic heterocycles. The van der Waals surface area contributed by atoms with Crippen molar-refractivity contribution in [1.82, 2.24) is 0 Å². The van der Waals surface area contributed by atoms with Gasteiger partial charge in [0.1, 0.15) is 5.82 Å². The summed E-state index contributed by atoms with van der Waals surface area (Å²) in [6.07, 6.45) is 7.02. The summed E-state index contributed by atoms with van der Waals surface area (Å²) in [6, 6.07) is 18.0. The van der Waals surface area contributed by atoms with Crippen molar-refractivity contribution in [2.45, 2.75) is 38.5 Å². The maximum absolute atomic E-state index is 14.8. The lowest BCUT2D eigenvalue weighted by atomic mass is 9.79. The number of allylic oxidation sites excluding steroid dienone is 1. The SMILES string of the molecule is C=CC1CCC(c2ccc(C#Cc3ccc4cc(C)ccc4c3F)cc2)CC1. The Hall–Kier alpha value is -2.85. The lowest BCUT2D eigenvalue weighted by molar-refractivity contribution is 0.376. The van der Waals surface area contributed by atoms with Gasteiger partial charge in [-0.25, -0.2) is 4.39 Å². The van der Waals surface area contributed by atoms with Crippen LogP contribution in [-0.4, -0.2) is 0 Å². The molecule has 0 saturated heterocycles. The molecule has 3 aromatic carbocycles. The molecule has 0 aliphatic heterocycles. The maximum atomic E-state index is 14.8. The Bertz CT molecular complexity index is 1060. The van der Waals surface area contributed by atoms with Gasteiger partial charge in [-0.1, -0.05) is 59.9 Å². The van der Waals surface area contributed by atoms with Gasteiger partial charge in [-0.05, 0) is 73.6 Å². The molecule has 1 aliphatic rings. The van der Waals surface area contributed by atoms with Crippen molar-refractivity contribution in [2.75, 3.05) is 0 Å². The fraction of sp³-hybridized carbons (Fsp3) is 0.259. The number of aryl methyl sites for hydroxylation is 1. The molecule has 140 valence electrons. The van der Waals surface area contributed by atoms with E-state index in [1.54, 1.807) is 6.07 Å². The predicted molar refractivity (Wildman–Crippen MR) is 116 cm³/mol. The average molecular weight is 368 g/mol. The highest BCUT2D eigenvalue weighted by Gasteiger charge is 2.20. The molecule has 0 spiro atoms. The Morgan fingerprint density at radius 3 is 2.39 bits per heavy atom. The van der Waals surface area contributed by atoms with Crippen LogP contribution in [0.5, 0.6) is 0 Å². The van der Waals surface area contributed by atoms with Crippen molar-refractivity contribution >= 4 is 10.8 Å². The molecule has 0 heterocycles. The van der Waals surface area contributed by atoms with E-state index >= 15 is 0 Å². The van der Waals surface area contributed by atoms with Gasteiger partial charge < -0.3 is 0 Å². The first-order chi connectivity index (χ1) is 13.6. The molecule has 0 atom stereocenters. The molecular formula is C27H25F. The first-order valence-electron chi connectivity index (χ1n) is 10.1. The summed E-state index contributed by atoms with van der Waals surface area (Å²) in [4.78, 5) is 0. The molecule has 1 fully saturated rings. The third-order valence-corrected chi connectivity index (χ3v) is 5.94. The summed E-state index contributed by atoms with van der Waals surface area (Å²) in [7, 11) is 0. The number of fused-ring (bicyclic) bond motifs is 1. The van der Waals surface area contributed by atoms with Crippen molar-refractivity contribution in [1.29, 1.82) is 0 Å². The van der Waals surface area contributed by atoms with Crippen LogP contribution in [0.15, 0.2) is 67.3 Å². The van der Waals surface area contributed by atoms with E-state index in [1.807, 2.05) is 31.2 Å². The van der Waals surface area contributed by atoms with Gasteiger partial charge in [0, 0.05) is 10.9 Å². The van der Waals surface area contributed by atoms with E-state index in [4.69, 9.17) is 0 Å². The first-order valence-corrected chi connectivity index (χ1v) is 10.1. The minimum atomic E-state index is -0.236. The predicted octanol–water partition coefficient (Wildman–Crippen LogP) is 7.15. The van der Waals surface area contributed by atoms with Crippen molar-refractivity contribution < 1.29 is 4.39 Å². The molecule has 28 heavy (non-hydrogen) atoms. The van der Waals surface area contributed by atoms with E-state index in [1.165, 1.54) is 31.2 Å². The van der Waals surface area contributed by atoms with E-state index in [-0.39, 0.29) is 5.82 Å². The Morgan fingerprint density at radius 1 is 0.929 bits per heavy atom. The third-order valence-electron chi connectivity index (χ3n) is 5.94. The molecule has 3 aromatic rings. The molecule has 0 amide bonds. The van der Waals surface area contributed by atoms with E-state index < -0.39 is 0 Å². The van der Waals surface area contributed by atoms with Crippen LogP contribution in [-0.2, 0) is 0 Å². The van der Waals surface area contributed by atoms with Crippen LogP contribution in [0.2, 0.25) is 0 Å². The van der Waals surface area contributed by atoms with Crippen LogP contribution in [0.4, 0.5) is 4.39 Å². The third kappa shape index (κ3) is 3.87. The normalized spacial score (nSPS) is 19.1. The molecule has 0 bridgehead atoms. The summed E-state index contributed by atoms with van der Waals surface area (Å²) in [5.41, 5.74) is 3.89. The Morgan fingerprint density at radius 2 is 1.68 bits per heavy atom. The van der Waals surface area contributed by atoms with Crippen molar-refractivity contribution in [3.05, 3.63) is 95.3 Å². The Kier molecular flexibility index (Phi) is 5.31. The molecule has 1 aliphatic carbocycles. The van der Waals surface area contributed by atoms with Gasteiger partial charge in [0.25, 0.3) is 0 Å². The largest absolute Gasteiger partial charge is 0.205 e. The van der Waals surface area contributed by atoms with Crippen molar-refractivity contribution in [3.63, 3.8) is 0 Å². The second-order valence-corrected chi connectivity index (χ2v) is 7.87. The minimum absolute atomic E-state index is 0.236. The topological polar surface area (TPSA) is 0 Å². The summed E-state index contributed by atoms with van der Waals surface area (Å²) >= 11 is 0. The fourth-order valence-electron chi connectivity index (χ4n) is 4.17. The van der Waals surface area contributed by atoms with Gasteiger partial charge in [-0.15, -0.1) is 6.58 Å². The molecule has 0 N–H and O–H groups in total. The van der Waals surface area contributed by atoms with Crippen molar-refractivity contribution in [2.24, 2.45) is 5.92 Å². The second kappa shape index (κ2) is 8.03. The zero-order valence-corrected chi connectivity index (χ0v) is 16.3. The van der Waals surface area contributed by atoms with Crippen LogP contribution >= 0.6 is 0 Å². The Balaban J connectivity index is 1.52. The maximum Gasteiger partial charge on any atom is 0.146 e. The van der Waals surface area contributed by atoms with Crippen LogP contribution < -0.4 is 0 Å². The second-order valence-electron chi connectivity index (χ2n) is 7.87. The lowest BCUT2D eigenvalue weighted by Gasteiger charge is -2.26. The summed E-state index contributed by atoms with van der Waals surface area (Å²) < 4.78 is 14.8. The number of rotatable bonds is 2. The van der Waals surface area contributed by atoms with Gasteiger partial charge in [0.15, 0.2) is 0 Å². The number of benzene rings is 3. The van der Waals surface area contributed by atoms with Gasteiger partial charge in [0.05, 0.1) is 5.56 Å². The standard InChI is InChI=1S/C27H25F/c1-3-20-5-10-22(11-6-20)23-12-7-21(8-13-23)9-14-24-15-16-25-18-19(2)4-17-26(25)27(24)28/h3-4,7-8,12-13,15-18,20,22H,1,5-6,10-11H2,2H3. The van der Waals surface area contributed by atoms with E-state index in [0.29, 0.717) is 22.8 Å². The van der Waals surface area contributed by atoms with Gasteiger partial charge in [-0.2, -0.15) is 0 Å². The smallest absolute Gasteiger partial charge is 0.146 e. The summed E-state index contributed by atoms with van der Waals surface area (Å²) in [5, 5.41) is 1.54. The molecule has 1 heteroatoms. The summed E-state index contributed by atoms with van der Waals surface area (Å²) in [5.74, 6) is 7.22. The highest BCUT2D eigenvalue weighted by atomic mass is 19.1. The number of hydrogen-bond acceptors (Lipinski definition) is 0. The summed E-state index contributed by atoms with van der Waals surface area (Å²) in [6.45, 7) is 5.94. The van der Waals surface area contributed by atoms with Gasteiger partial charge >= 0.3 is 0 Å².